The Balaban J connectivity index is 1.11. The number of carbonyl (C=O) groups is 1. The Hall–Kier alpha value is -1.56. The first-order valence-electron chi connectivity index (χ1n) is 27.4. The smallest absolute Gasteiger partial charge is 0.261 e. The van der Waals surface area contributed by atoms with Crippen LogP contribution >= 0.6 is 0 Å². The lowest BCUT2D eigenvalue weighted by atomic mass is 9.79. The zero-order chi connectivity index (χ0) is 51.3. The van der Waals surface area contributed by atoms with Crippen LogP contribution in [-0.4, -0.2) is 110 Å². The molecule has 13 atom stereocenters. The van der Waals surface area contributed by atoms with Crippen LogP contribution in [-0.2, 0) is 41.8 Å². The average Bonchev–Trinajstić information content (AvgIpc) is 3.53. The summed E-state index contributed by atoms with van der Waals surface area (Å²) in [6.07, 6.45) is 8.07. The monoisotopic (exact) mass is 1020 g/mol. The lowest BCUT2D eigenvalue weighted by molar-refractivity contribution is -0.272. The van der Waals surface area contributed by atoms with Gasteiger partial charge in [-0.25, -0.2) is 0 Å². The van der Waals surface area contributed by atoms with E-state index in [-0.39, 0.29) is 70.1 Å². The summed E-state index contributed by atoms with van der Waals surface area (Å²) in [5, 5.41) is 2.59. The van der Waals surface area contributed by atoms with Gasteiger partial charge in [0, 0.05) is 25.9 Å². The second-order valence-corrected chi connectivity index (χ2v) is 40.9. The largest absolute Gasteiger partial charge is 0.411 e. The predicted molar refractivity (Wildman–Crippen MR) is 291 cm³/mol. The fourth-order valence-electron chi connectivity index (χ4n) is 12.3. The molecule has 7 rings (SSSR count). The van der Waals surface area contributed by atoms with Crippen LogP contribution in [0.1, 0.15) is 161 Å². The van der Waals surface area contributed by atoms with E-state index in [2.05, 4.69) is 177 Å². The van der Waals surface area contributed by atoms with Gasteiger partial charge in [-0.1, -0.05) is 130 Å². The maximum atomic E-state index is 11.8. The lowest BCUT2D eigenvalue weighted by Gasteiger charge is -2.50. The van der Waals surface area contributed by atoms with Gasteiger partial charge in [-0.05, 0) is 130 Å². The van der Waals surface area contributed by atoms with Gasteiger partial charge in [0.25, 0.3) is 8.32 Å². The number of hydrogen-bond acceptors (Lipinski definition) is 9. The summed E-state index contributed by atoms with van der Waals surface area (Å²) in [7, 11) is -7.11. The van der Waals surface area contributed by atoms with Crippen LogP contribution in [0.5, 0.6) is 0 Å². The second kappa shape index (κ2) is 20.9. The molecule has 12 heteroatoms. The molecule has 2 aromatic rings. The molecule has 5 aliphatic heterocycles. The maximum Gasteiger partial charge on any atom is 0.261 e. The quantitative estimate of drug-likeness (QED) is 0.104. The van der Waals surface area contributed by atoms with Gasteiger partial charge in [-0.3, -0.25) is 0 Å². The maximum absolute atomic E-state index is 11.8. The molecule has 0 aliphatic carbocycles. The number of rotatable bonds is 14. The highest BCUT2D eigenvalue weighted by atomic mass is 28.4. The molecule has 0 N–H and O–H groups in total. The van der Waals surface area contributed by atoms with Gasteiger partial charge in [0.05, 0.1) is 65.6 Å². The van der Waals surface area contributed by atoms with E-state index in [4.69, 9.17) is 37.0 Å². The number of carbonyl (C=O) groups excluding carboxylic acids is 1. The summed E-state index contributed by atoms with van der Waals surface area (Å²) in [6, 6.07) is 21.9. The first-order chi connectivity index (χ1) is 32.5. The van der Waals surface area contributed by atoms with E-state index in [0.717, 1.165) is 57.7 Å². The summed E-state index contributed by atoms with van der Waals surface area (Å²) in [6.45, 7) is 40.1. The normalized spacial score (nSPS) is 35.8. The van der Waals surface area contributed by atoms with Crippen LogP contribution in [0.15, 0.2) is 60.7 Å². The first kappa shape index (κ1) is 56.2. The zero-order valence-electron chi connectivity index (χ0n) is 46.8. The molecule has 5 saturated heterocycles. The summed E-state index contributed by atoms with van der Waals surface area (Å²) in [5.74, 6) is 0.296. The molecule has 5 heterocycles. The SMILES string of the molecule is C[C@H]1C[C@@H]2O[C@@H]3C[C@@H]4O[C@@H]5CC[C@](C)(O[Si](C)(C)C(C)(C)C)[C@@H](CCC=O)O[C@H]5CC[C@@]4(C)O[C@H]3[C@@H](O[Si](C)(C)C(C)(C)C)C[C@@]2(C)O[C@H]1CCCO[Si](c1ccccc1)(c1ccccc1)C(C)(C)C. The number of hydrogen-bond donors (Lipinski definition) is 0. The van der Waals surface area contributed by atoms with Crippen molar-refractivity contribution in [3.05, 3.63) is 60.7 Å². The third-order valence-electron chi connectivity index (χ3n) is 18.6. The molecule has 0 unspecified atom stereocenters. The first-order valence-corrected chi connectivity index (χ1v) is 35.1. The Morgan fingerprint density at radius 3 is 1.80 bits per heavy atom. The molecule has 0 radical (unpaired) electrons. The van der Waals surface area contributed by atoms with Crippen LogP contribution in [0.3, 0.4) is 0 Å². The van der Waals surface area contributed by atoms with Gasteiger partial charge in [0.1, 0.15) is 12.4 Å². The zero-order valence-corrected chi connectivity index (χ0v) is 49.8. The van der Waals surface area contributed by atoms with Crippen LogP contribution in [0, 0.1) is 5.92 Å². The van der Waals surface area contributed by atoms with Gasteiger partial charge in [-0.2, -0.15) is 0 Å². The Morgan fingerprint density at radius 1 is 0.671 bits per heavy atom. The highest BCUT2D eigenvalue weighted by Crippen LogP contribution is 2.52. The van der Waals surface area contributed by atoms with E-state index in [0.29, 0.717) is 31.8 Å². The van der Waals surface area contributed by atoms with Gasteiger partial charge >= 0.3 is 0 Å². The lowest BCUT2D eigenvalue weighted by Crippen LogP contribution is -2.66. The number of ether oxygens (including phenoxy) is 5. The third-order valence-corrected chi connectivity index (χ3v) is 32.8. The number of benzene rings is 2. The Morgan fingerprint density at radius 2 is 1.23 bits per heavy atom. The van der Waals surface area contributed by atoms with Crippen molar-refractivity contribution < 1.29 is 41.8 Å². The van der Waals surface area contributed by atoms with Crippen LogP contribution < -0.4 is 10.4 Å². The minimum atomic E-state index is -2.65. The van der Waals surface area contributed by atoms with Gasteiger partial charge in [-0.15, -0.1) is 0 Å². The second-order valence-electron chi connectivity index (χ2n) is 27.1. The molecule has 0 bridgehead atoms. The Labute approximate surface area is 428 Å². The topological polar surface area (TPSA) is 90.9 Å². The van der Waals surface area contributed by atoms with Crippen molar-refractivity contribution in [3.63, 3.8) is 0 Å². The molecule has 0 aromatic heterocycles. The van der Waals surface area contributed by atoms with Crippen molar-refractivity contribution in [3.8, 4) is 0 Å². The van der Waals surface area contributed by atoms with Crippen molar-refractivity contribution in [1.82, 2.24) is 0 Å². The predicted octanol–water partition coefficient (Wildman–Crippen LogP) is 12.5. The Kier molecular flexibility index (Phi) is 16.7. The fourth-order valence-corrected chi connectivity index (χ4v) is 19.9. The van der Waals surface area contributed by atoms with Crippen LogP contribution in [0.2, 0.25) is 41.3 Å². The molecule has 394 valence electrons. The van der Waals surface area contributed by atoms with Crippen molar-refractivity contribution in [2.45, 2.75) is 274 Å². The van der Waals surface area contributed by atoms with Gasteiger partial charge in [0.2, 0.25) is 0 Å². The molecular formula is C58H96O9Si3. The van der Waals surface area contributed by atoms with E-state index in [1.807, 2.05) is 0 Å². The fraction of sp³-hybridized carbons (Fsp3) is 0.776. The van der Waals surface area contributed by atoms with Crippen molar-refractivity contribution in [2.24, 2.45) is 5.92 Å². The highest BCUT2D eigenvalue weighted by Gasteiger charge is 2.61. The van der Waals surface area contributed by atoms with E-state index >= 15 is 0 Å². The van der Waals surface area contributed by atoms with Gasteiger partial charge < -0.3 is 41.8 Å². The van der Waals surface area contributed by atoms with Crippen LogP contribution in [0.4, 0.5) is 0 Å². The molecule has 0 amide bonds. The minimum Gasteiger partial charge on any atom is -0.411 e. The number of aldehydes is 1. The van der Waals surface area contributed by atoms with Crippen molar-refractivity contribution >= 4 is 41.6 Å². The molecule has 70 heavy (non-hydrogen) atoms. The summed E-state index contributed by atoms with van der Waals surface area (Å²) >= 11 is 0. The van der Waals surface area contributed by atoms with E-state index < -0.39 is 41.8 Å². The summed E-state index contributed by atoms with van der Waals surface area (Å²) in [4.78, 5) is 11.8. The van der Waals surface area contributed by atoms with E-state index in [9.17, 15) is 4.79 Å². The molecule has 2 aromatic carbocycles. The average molecular weight is 1020 g/mol. The van der Waals surface area contributed by atoms with Gasteiger partial charge in [0.15, 0.2) is 16.6 Å². The minimum absolute atomic E-state index is 0.00673. The van der Waals surface area contributed by atoms with Crippen LogP contribution in [0.25, 0.3) is 0 Å². The molecular weight excluding hydrogens is 925 g/mol. The molecule has 5 fully saturated rings. The van der Waals surface area contributed by atoms with E-state index in [1.54, 1.807) is 0 Å². The van der Waals surface area contributed by atoms with Crippen molar-refractivity contribution in [1.29, 1.82) is 0 Å². The number of fused-ring (bicyclic) bond motifs is 4. The summed E-state index contributed by atoms with van der Waals surface area (Å²) < 4.78 is 59.2. The summed E-state index contributed by atoms with van der Waals surface area (Å²) in [5.41, 5.74) is -1.65. The molecule has 0 saturated carbocycles. The third kappa shape index (κ3) is 11.5. The Bertz CT molecular complexity index is 1990. The molecule has 0 spiro atoms. The van der Waals surface area contributed by atoms with Crippen molar-refractivity contribution in [2.75, 3.05) is 6.61 Å². The molecule has 9 nitrogen and oxygen atoms in total. The molecule has 5 aliphatic rings. The standard InChI is InChI=1S/C58H96O9Si3/c1-41-38-50-58(13,64-44(41)30-25-37-60-70(55(8,9)10,42-26-20-18-21-27-42)43-28-22-19-23-29-43)40-48(66-68(14,15)53(2,3)4)52-47(63-50)39-51-56(11,65-52)34-32-45-46(62-51)33-35-57(12,49(61-45)31-24-36-59)67-69(16,17)54(5,6)7/h18-23,26-29,36,41,44-52H,24-25,30-35,37-40H2,1-17H3/t41-,44-,45-,46+,47+,48-,49+,50-,51-,52+,56+,57-,58+/m0/s1. The highest BCUT2D eigenvalue weighted by molar-refractivity contribution is 6.99. The van der Waals surface area contributed by atoms with E-state index in [1.165, 1.54) is 10.4 Å².